The van der Waals surface area contributed by atoms with Crippen molar-refractivity contribution in [2.24, 2.45) is 0 Å². The van der Waals surface area contributed by atoms with Gasteiger partial charge in [0.2, 0.25) is 10.0 Å². The summed E-state index contributed by atoms with van der Waals surface area (Å²) in [5, 5.41) is 0. The maximum atomic E-state index is 13.3. The van der Waals surface area contributed by atoms with Crippen molar-refractivity contribution in [1.29, 1.82) is 0 Å². The zero-order valence-electron chi connectivity index (χ0n) is 17.7. The van der Waals surface area contributed by atoms with Crippen LogP contribution in [0.2, 0.25) is 0 Å². The van der Waals surface area contributed by atoms with Crippen molar-refractivity contribution in [2.45, 2.75) is 49.5 Å². The predicted octanol–water partition coefficient (Wildman–Crippen LogP) is 2.90. The SMILES string of the molecule is O=C(c1ccc(S(=O)(=O)N2CCCCC2)cc1)N1CCCSCC1CN1CCCC1. The van der Waals surface area contributed by atoms with Crippen LogP contribution in [0.5, 0.6) is 0 Å². The van der Waals surface area contributed by atoms with Gasteiger partial charge in [0.15, 0.2) is 0 Å². The molecule has 166 valence electrons. The summed E-state index contributed by atoms with van der Waals surface area (Å²) in [6, 6.07) is 6.84. The van der Waals surface area contributed by atoms with E-state index < -0.39 is 10.0 Å². The summed E-state index contributed by atoms with van der Waals surface area (Å²) in [4.78, 5) is 18.1. The van der Waals surface area contributed by atoms with Gasteiger partial charge in [0, 0.05) is 37.5 Å². The van der Waals surface area contributed by atoms with Crippen LogP contribution in [0.3, 0.4) is 0 Å². The van der Waals surface area contributed by atoms with Crippen molar-refractivity contribution in [3.63, 3.8) is 0 Å². The fourth-order valence-electron chi connectivity index (χ4n) is 4.70. The van der Waals surface area contributed by atoms with E-state index in [1.807, 2.05) is 16.7 Å². The Balaban J connectivity index is 1.48. The van der Waals surface area contributed by atoms with Crippen LogP contribution in [0.1, 0.15) is 48.9 Å². The van der Waals surface area contributed by atoms with Crippen LogP contribution in [0.4, 0.5) is 0 Å². The van der Waals surface area contributed by atoms with Gasteiger partial charge in [-0.25, -0.2) is 8.42 Å². The molecule has 3 heterocycles. The monoisotopic (exact) mass is 451 g/mol. The van der Waals surface area contributed by atoms with Gasteiger partial charge in [-0.3, -0.25) is 4.79 Å². The maximum Gasteiger partial charge on any atom is 0.254 e. The van der Waals surface area contributed by atoms with Gasteiger partial charge in [0.05, 0.1) is 10.9 Å². The highest BCUT2D eigenvalue weighted by molar-refractivity contribution is 7.99. The number of amides is 1. The van der Waals surface area contributed by atoms with Crippen molar-refractivity contribution in [3.05, 3.63) is 29.8 Å². The molecule has 1 aromatic rings. The van der Waals surface area contributed by atoms with Crippen molar-refractivity contribution in [2.75, 3.05) is 50.8 Å². The Kier molecular flexibility index (Phi) is 7.39. The Morgan fingerprint density at radius 1 is 0.900 bits per heavy atom. The summed E-state index contributed by atoms with van der Waals surface area (Å²) in [6.07, 6.45) is 6.43. The van der Waals surface area contributed by atoms with E-state index in [1.165, 1.54) is 12.8 Å². The number of carbonyl (C=O) groups excluding carboxylic acids is 1. The lowest BCUT2D eigenvalue weighted by Gasteiger charge is -2.33. The van der Waals surface area contributed by atoms with E-state index in [-0.39, 0.29) is 11.9 Å². The molecular formula is C22H33N3O3S2. The molecule has 0 spiro atoms. The zero-order chi connectivity index (χ0) is 21.0. The molecule has 8 heteroatoms. The highest BCUT2D eigenvalue weighted by Gasteiger charge is 2.30. The molecule has 3 aliphatic rings. The predicted molar refractivity (Wildman–Crippen MR) is 121 cm³/mol. The lowest BCUT2D eigenvalue weighted by molar-refractivity contribution is 0.0666. The first-order chi connectivity index (χ1) is 14.6. The van der Waals surface area contributed by atoms with Crippen LogP contribution in [-0.4, -0.2) is 85.2 Å². The van der Waals surface area contributed by atoms with Gasteiger partial charge in [-0.1, -0.05) is 6.42 Å². The average molecular weight is 452 g/mol. The highest BCUT2D eigenvalue weighted by Crippen LogP contribution is 2.24. The summed E-state index contributed by atoms with van der Waals surface area (Å²) in [7, 11) is -3.46. The quantitative estimate of drug-likeness (QED) is 0.689. The number of thioether (sulfide) groups is 1. The van der Waals surface area contributed by atoms with Gasteiger partial charge in [0.1, 0.15) is 0 Å². The van der Waals surface area contributed by atoms with Crippen LogP contribution in [0.15, 0.2) is 29.2 Å². The van der Waals surface area contributed by atoms with E-state index in [1.54, 1.807) is 28.6 Å². The van der Waals surface area contributed by atoms with Crippen molar-refractivity contribution < 1.29 is 13.2 Å². The summed E-state index contributed by atoms with van der Waals surface area (Å²) in [5.41, 5.74) is 0.589. The molecule has 0 radical (unpaired) electrons. The Morgan fingerprint density at radius 2 is 1.57 bits per heavy atom. The van der Waals surface area contributed by atoms with Crippen LogP contribution in [0, 0.1) is 0 Å². The molecule has 1 aromatic carbocycles. The van der Waals surface area contributed by atoms with Gasteiger partial charge >= 0.3 is 0 Å². The van der Waals surface area contributed by atoms with Crippen molar-refractivity contribution >= 4 is 27.7 Å². The lowest BCUT2D eigenvalue weighted by atomic mass is 10.1. The molecule has 3 saturated heterocycles. The van der Waals surface area contributed by atoms with Gasteiger partial charge in [-0.2, -0.15) is 16.1 Å². The zero-order valence-corrected chi connectivity index (χ0v) is 19.3. The molecular weight excluding hydrogens is 418 g/mol. The van der Waals surface area contributed by atoms with Gasteiger partial charge in [-0.15, -0.1) is 0 Å². The molecule has 0 N–H and O–H groups in total. The number of rotatable bonds is 5. The minimum absolute atomic E-state index is 0.0311. The number of benzene rings is 1. The summed E-state index contributed by atoms with van der Waals surface area (Å²) >= 11 is 1.94. The smallest absolute Gasteiger partial charge is 0.254 e. The molecule has 3 fully saturated rings. The third kappa shape index (κ3) is 5.03. The van der Waals surface area contributed by atoms with Gasteiger partial charge < -0.3 is 9.80 Å². The third-order valence-corrected chi connectivity index (χ3v) is 9.53. The summed E-state index contributed by atoms with van der Waals surface area (Å²) in [6.45, 7) is 5.16. The Labute approximate surface area is 185 Å². The minimum Gasteiger partial charge on any atom is -0.334 e. The minimum atomic E-state index is -3.46. The fraction of sp³-hybridized carbons (Fsp3) is 0.682. The molecule has 1 amide bonds. The molecule has 0 aromatic heterocycles. The van der Waals surface area contributed by atoms with Crippen LogP contribution in [0.25, 0.3) is 0 Å². The third-order valence-electron chi connectivity index (χ3n) is 6.42. The molecule has 4 rings (SSSR count). The molecule has 1 atom stereocenters. The molecule has 0 aliphatic carbocycles. The number of nitrogens with zero attached hydrogens (tertiary/aromatic N) is 3. The number of hydrogen-bond acceptors (Lipinski definition) is 5. The second kappa shape index (κ2) is 10.0. The molecule has 30 heavy (non-hydrogen) atoms. The summed E-state index contributed by atoms with van der Waals surface area (Å²) in [5.74, 6) is 2.10. The van der Waals surface area contributed by atoms with E-state index >= 15 is 0 Å². The first-order valence-corrected chi connectivity index (χ1v) is 13.9. The van der Waals surface area contributed by atoms with Crippen molar-refractivity contribution in [3.8, 4) is 0 Å². The van der Waals surface area contributed by atoms with Crippen LogP contribution in [-0.2, 0) is 10.0 Å². The van der Waals surface area contributed by atoms with Gasteiger partial charge in [-0.05, 0) is 75.2 Å². The molecule has 6 nitrogen and oxygen atoms in total. The molecule has 3 aliphatic heterocycles. The fourth-order valence-corrected chi connectivity index (χ4v) is 7.27. The number of likely N-dealkylation sites (tertiary alicyclic amines) is 1. The Bertz CT molecular complexity index is 817. The normalized spacial score (nSPS) is 24.7. The first-order valence-electron chi connectivity index (χ1n) is 11.3. The lowest BCUT2D eigenvalue weighted by Crippen LogP contribution is -2.47. The first kappa shape index (κ1) is 22.1. The summed E-state index contributed by atoms with van der Waals surface area (Å²) < 4.78 is 27.3. The van der Waals surface area contributed by atoms with Crippen LogP contribution >= 0.6 is 11.8 Å². The number of hydrogen-bond donors (Lipinski definition) is 0. The number of carbonyl (C=O) groups is 1. The Hall–Kier alpha value is -1.09. The van der Waals surface area contributed by atoms with Crippen molar-refractivity contribution in [1.82, 2.24) is 14.1 Å². The van der Waals surface area contributed by atoms with E-state index in [2.05, 4.69) is 4.90 Å². The van der Waals surface area contributed by atoms with E-state index in [0.717, 1.165) is 63.4 Å². The second-order valence-corrected chi connectivity index (χ2v) is 11.7. The molecule has 0 saturated carbocycles. The number of piperidine rings is 1. The number of sulfonamides is 1. The standard InChI is InChI=1S/C22H33N3O3S2/c26-22(25-15-6-16-29-18-20(25)17-23-11-4-5-12-23)19-7-9-21(10-8-19)30(27,28)24-13-2-1-3-14-24/h7-10,20H,1-6,11-18H2. The van der Waals surface area contributed by atoms with E-state index in [4.69, 9.17) is 0 Å². The topological polar surface area (TPSA) is 60.9 Å². The van der Waals surface area contributed by atoms with E-state index in [0.29, 0.717) is 23.5 Å². The average Bonchev–Trinajstić information content (AvgIpc) is 3.18. The van der Waals surface area contributed by atoms with Gasteiger partial charge in [0.25, 0.3) is 5.91 Å². The second-order valence-electron chi connectivity index (χ2n) is 8.58. The molecule has 0 bridgehead atoms. The maximum absolute atomic E-state index is 13.3. The largest absolute Gasteiger partial charge is 0.334 e. The highest BCUT2D eigenvalue weighted by atomic mass is 32.2. The van der Waals surface area contributed by atoms with Crippen LogP contribution < -0.4 is 0 Å². The molecule has 1 unspecified atom stereocenters. The van der Waals surface area contributed by atoms with E-state index in [9.17, 15) is 13.2 Å². The Morgan fingerprint density at radius 3 is 2.27 bits per heavy atom.